The van der Waals surface area contributed by atoms with Crippen molar-refractivity contribution >= 4 is 24.3 Å². The number of aryl methyl sites for hydroxylation is 1. The molecule has 0 saturated carbocycles. The van der Waals surface area contributed by atoms with Gasteiger partial charge in [0.15, 0.2) is 11.5 Å². The van der Waals surface area contributed by atoms with Crippen molar-refractivity contribution in [3.63, 3.8) is 0 Å². The smallest absolute Gasteiger partial charge is 0.228 e. The average Bonchev–Trinajstić information content (AvgIpc) is 3.53. The summed E-state index contributed by atoms with van der Waals surface area (Å²) < 4.78 is 11.7. The van der Waals surface area contributed by atoms with Crippen LogP contribution in [-0.4, -0.2) is 89.8 Å². The van der Waals surface area contributed by atoms with Crippen LogP contribution in [0.3, 0.4) is 0 Å². The van der Waals surface area contributed by atoms with E-state index in [1.54, 1.807) is 48.8 Å². The van der Waals surface area contributed by atoms with E-state index in [9.17, 15) is 9.59 Å². The molecule has 12 heteroatoms. The molecule has 0 spiro atoms. The molecule has 2 aliphatic heterocycles. The lowest BCUT2D eigenvalue weighted by Gasteiger charge is -2.42. The van der Waals surface area contributed by atoms with Crippen molar-refractivity contribution in [3.8, 4) is 6.07 Å². The Hall–Kier alpha value is -4.98. The number of piperazine rings is 1. The van der Waals surface area contributed by atoms with Gasteiger partial charge < -0.3 is 14.4 Å². The number of aromatic nitrogens is 3. The third kappa shape index (κ3) is 5.56. The van der Waals surface area contributed by atoms with E-state index in [2.05, 4.69) is 31.4 Å². The van der Waals surface area contributed by atoms with Crippen molar-refractivity contribution in [1.82, 2.24) is 25.3 Å². The largest absolute Gasteiger partial charge is 0.493 e. The summed E-state index contributed by atoms with van der Waals surface area (Å²) in [5.74, 6) is 3.19. The number of hydrogen-bond donors (Lipinski definition) is 1. The minimum Gasteiger partial charge on any atom is -0.493 e. The monoisotopic (exact) mass is 540 g/mol. The number of anilines is 1. The highest BCUT2D eigenvalue weighted by molar-refractivity contribution is 5.97. The van der Waals surface area contributed by atoms with Gasteiger partial charge in [-0.2, -0.15) is 5.26 Å². The number of carbonyl (C=O) groups is 1. The maximum Gasteiger partial charge on any atom is 0.228 e. The molecule has 1 saturated heterocycles. The van der Waals surface area contributed by atoms with E-state index >= 15 is 0 Å². The van der Waals surface area contributed by atoms with Crippen molar-refractivity contribution in [2.75, 3.05) is 44.9 Å². The van der Waals surface area contributed by atoms with Crippen LogP contribution in [0, 0.1) is 11.3 Å². The molecule has 0 bridgehead atoms. The highest BCUT2D eigenvalue weighted by atomic mass is 16.5. The Kier molecular flexibility index (Phi) is 8.15. The number of amides is 1. The quantitative estimate of drug-likeness (QED) is 0.271. The first-order chi connectivity index (χ1) is 19.6. The van der Waals surface area contributed by atoms with E-state index in [0.717, 1.165) is 36.2 Å². The summed E-state index contributed by atoms with van der Waals surface area (Å²) in [6.07, 6.45) is 9.36. The Morgan fingerprint density at radius 2 is 2.00 bits per heavy atom. The maximum absolute atomic E-state index is 12.0. The normalized spacial score (nSPS) is 18.8. The van der Waals surface area contributed by atoms with E-state index < -0.39 is 0 Å². The second kappa shape index (κ2) is 12.3. The van der Waals surface area contributed by atoms with Crippen LogP contribution in [0.2, 0.25) is 0 Å². The molecule has 1 aromatic heterocycles. The van der Waals surface area contributed by atoms with E-state index in [4.69, 9.17) is 14.7 Å². The summed E-state index contributed by atoms with van der Waals surface area (Å²) in [4.78, 5) is 30.6. The predicted molar refractivity (Wildman–Crippen MR) is 145 cm³/mol. The first-order valence-electron chi connectivity index (χ1n) is 12.9. The Morgan fingerprint density at radius 1 is 1.20 bits per heavy atom. The number of nitrogens with one attached hydrogen (secondary N) is 1. The molecular formula is C28H28N8O4. The molecule has 40 heavy (non-hydrogen) atoms. The molecule has 2 aromatic rings. The second-order valence-electron chi connectivity index (χ2n) is 9.25. The Balaban J connectivity index is 1.30. The Bertz CT molecular complexity index is 1440. The summed E-state index contributed by atoms with van der Waals surface area (Å²) in [6, 6.07) is 8.62. The van der Waals surface area contributed by atoms with Crippen molar-refractivity contribution < 1.29 is 19.1 Å². The number of benzene rings is 1. The molecular weight excluding hydrogens is 512 g/mol. The minimum absolute atomic E-state index is 0.334. The third-order valence-electron chi connectivity index (χ3n) is 6.92. The van der Waals surface area contributed by atoms with Crippen LogP contribution in [0.15, 0.2) is 76.0 Å². The van der Waals surface area contributed by atoms with Crippen LogP contribution in [0.1, 0.15) is 17.7 Å². The molecule has 1 N–H and O–H groups in total. The van der Waals surface area contributed by atoms with Gasteiger partial charge in [-0.3, -0.25) is 14.9 Å². The number of ether oxygens (including phenoxy) is 2. The van der Waals surface area contributed by atoms with E-state index in [0.29, 0.717) is 61.1 Å². The molecule has 204 valence electrons. The zero-order valence-electron chi connectivity index (χ0n) is 22.0. The summed E-state index contributed by atoms with van der Waals surface area (Å²) in [5.41, 5.74) is 4.04. The molecule has 1 unspecified atom stereocenters. The summed E-state index contributed by atoms with van der Waals surface area (Å²) in [5, 5.41) is 23.0. The molecule has 3 heterocycles. The van der Waals surface area contributed by atoms with E-state index in [-0.39, 0.29) is 6.04 Å². The van der Waals surface area contributed by atoms with Gasteiger partial charge in [-0.1, -0.05) is 5.21 Å². The number of nitriles is 1. The maximum atomic E-state index is 12.0. The number of rotatable bonds is 10. The van der Waals surface area contributed by atoms with Crippen molar-refractivity contribution in [2.45, 2.75) is 18.9 Å². The highest BCUT2D eigenvalue weighted by Gasteiger charge is 2.33. The number of carbonyl (C=O) groups excluding carboxylic acids is 2. The van der Waals surface area contributed by atoms with Gasteiger partial charge in [0, 0.05) is 44.2 Å². The van der Waals surface area contributed by atoms with Gasteiger partial charge in [0.05, 0.1) is 48.5 Å². The summed E-state index contributed by atoms with van der Waals surface area (Å²) >= 11 is 0. The van der Waals surface area contributed by atoms with Crippen LogP contribution in [0.4, 0.5) is 5.69 Å². The number of nitrogens with zero attached hydrogens (tertiary/aromatic N) is 7. The fourth-order valence-corrected chi connectivity index (χ4v) is 4.92. The van der Waals surface area contributed by atoms with Gasteiger partial charge in [0.1, 0.15) is 11.5 Å². The second-order valence-corrected chi connectivity index (χ2v) is 9.25. The molecule has 0 radical (unpaired) electrons. The third-order valence-corrected chi connectivity index (χ3v) is 6.92. The van der Waals surface area contributed by atoms with Crippen molar-refractivity contribution in [3.05, 3.63) is 82.2 Å². The first kappa shape index (κ1) is 26.6. The summed E-state index contributed by atoms with van der Waals surface area (Å²) in [7, 11) is 1.58. The molecule has 5 rings (SSSR count). The lowest BCUT2D eigenvalue weighted by atomic mass is 9.92. The van der Waals surface area contributed by atoms with Crippen LogP contribution in [-0.2, 0) is 25.5 Å². The number of hydrazine groups is 1. The highest BCUT2D eigenvalue weighted by Crippen LogP contribution is 2.34. The number of aliphatic imine (C=N–C) groups is 1. The summed E-state index contributed by atoms with van der Waals surface area (Å²) in [6.45, 7) is 2.68. The number of H-pyrrole nitrogens is 1. The number of fused-ring (bicyclic) bond motifs is 1. The van der Waals surface area contributed by atoms with Gasteiger partial charge in [-0.25, -0.2) is 14.8 Å². The van der Waals surface area contributed by atoms with E-state index in [1.165, 1.54) is 0 Å². The van der Waals surface area contributed by atoms with Gasteiger partial charge in [0.2, 0.25) is 6.41 Å². The van der Waals surface area contributed by atoms with Crippen molar-refractivity contribution in [2.24, 2.45) is 4.99 Å². The molecule has 1 atom stereocenters. The van der Waals surface area contributed by atoms with Crippen LogP contribution >= 0.6 is 0 Å². The van der Waals surface area contributed by atoms with Gasteiger partial charge in [-0.05, 0) is 49.3 Å². The Morgan fingerprint density at radius 3 is 2.65 bits per heavy atom. The minimum atomic E-state index is -0.334. The topological polar surface area (TPSA) is 140 Å². The van der Waals surface area contributed by atoms with Gasteiger partial charge in [0.25, 0.3) is 0 Å². The van der Waals surface area contributed by atoms with Gasteiger partial charge >= 0.3 is 0 Å². The number of methoxy groups -OCH3 is 1. The molecule has 3 aliphatic rings. The first-order valence-corrected chi connectivity index (χ1v) is 12.9. The zero-order chi connectivity index (χ0) is 27.9. The zero-order valence-corrected chi connectivity index (χ0v) is 22.0. The molecule has 1 amide bonds. The van der Waals surface area contributed by atoms with E-state index in [1.807, 2.05) is 23.1 Å². The lowest BCUT2D eigenvalue weighted by molar-refractivity contribution is -0.110. The SMILES string of the molecule is COC1=CC2=C(N3CCN(N(C=O)c4ccc(C#N)cc4)CC3)C(=C=O)C=NC2C=C1OCCCc1c[nH]nn1. The molecule has 12 nitrogen and oxygen atoms in total. The average molecular weight is 541 g/mol. The number of hydrogen-bond acceptors (Lipinski definition) is 10. The van der Waals surface area contributed by atoms with Gasteiger partial charge in [-0.15, -0.1) is 5.10 Å². The number of allylic oxidation sites excluding steroid dienone is 1. The van der Waals surface area contributed by atoms with Crippen LogP contribution in [0.25, 0.3) is 0 Å². The fourth-order valence-electron chi connectivity index (χ4n) is 4.92. The number of aromatic amines is 1. The Labute approximate surface area is 231 Å². The lowest BCUT2D eigenvalue weighted by Crippen LogP contribution is -2.53. The standard InChI is InChI=1S/C28H28N8O4/c1-39-26-13-24-25(14-27(26)40-12-2-3-22-17-31-33-32-22)30-16-21(18-37)28(24)34-8-10-35(11-9-34)36(19-38)23-6-4-20(15-29)5-7-23/h4-7,13-14,16-17,19,25H,2-3,8-12H2,1H3,(H,31,32,33). The molecule has 1 aromatic carbocycles. The van der Waals surface area contributed by atoms with Crippen LogP contribution in [0.5, 0.6) is 0 Å². The predicted octanol–water partition coefficient (Wildman–Crippen LogP) is 1.71. The van der Waals surface area contributed by atoms with Crippen LogP contribution < -0.4 is 5.01 Å². The van der Waals surface area contributed by atoms with Crippen molar-refractivity contribution in [1.29, 1.82) is 5.26 Å². The molecule has 1 aliphatic carbocycles. The fraction of sp³-hybridized carbons (Fsp3) is 0.321. The molecule has 1 fully saturated rings. The number of dihydropyridines is 1.